The van der Waals surface area contributed by atoms with Gasteiger partial charge in [0.15, 0.2) is 0 Å². The van der Waals surface area contributed by atoms with Crippen molar-refractivity contribution in [3.8, 4) is 34.4 Å². The Kier molecular flexibility index (Phi) is 9.07. The highest BCUT2D eigenvalue weighted by atomic mass is 35.5. The van der Waals surface area contributed by atoms with Crippen LogP contribution in [-0.2, 0) is 0 Å². The van der Waals surface area contributed by atoms with Crippen molar-refractivity contribution < 1.29 is 19.1 Å². The zero-order valence-electron chi connectivity index (χ0n) is 25.1. The maximum absolute atomic E-state index is 13.3. The number of ether oxygens (including phenoxy) is 2. The number of carbonyl (C=O) groups is 2. The number of pyridine rings is 5. The molecule has 12 heteroatoms. The first kappa shape index (κ1) is 30.8. The highest BCUT2D eigenvalue weighted by Crippen LogP contribution is 2.30. The van der Waals surface area contributed by atoms with Gasteiger partial charge in [0.2, 0.25) is 11.8 Å². The molecule has 232 valence electrons. The van der Waals surface area contributed by atoms with Gasteiger partial charge in [-0.25, -0.2) is 4.98 Å². The van der Waals surface area contributed by atoms with Crippen LogP contribution in [0.2, 0.25) is 5.02 Å². The van der Waals surface area contributed by atoms with Crippen molar-refractivity contribution in [1.29, 1.82) is 0 Å². The number of hydrogen-bond donors (Lipinski definition) is 2. The van der Waals surface area contributed by atoms with E-state index in [0.29, 0.717) is 51.0 Å². The van der Waals surface area contributed by atoms with Gasteiger partial charge in [-0.3, -0.25) is 19.6 Å². The molecule has 11 nitrogen and oxygen atoms in total. The van der Waals surface area contributed by atoms with E-state index >= 15 is 0 Å². The molecule has 0 bridgehead atoms. The highest BCUT2D eigenvalue weighted by molar-refractivity contribution is 6.31. The van der Waals surface area contributed by atoms with Gasteiger partial charge in [0.25, 0.3) is 11.8 Å². The Morgan fingerprint density at radius 3 is 2.11 bits per heavy atom. The van der Waals surface area contributed by atoms with Crippen LogP contribution in [0.5, 0.6) is 23.3 Å². The summed E-state index contributed by atoms with van der Waals surface area (Å²) in [7, 11) is 0. The summed E-state index contributed by atoms with van der Waals surface area (Å²) in [5.74, 6) is 1.28. The molecule has 2 amide bonds. The standard InChI is InChI=1S/C35H26ClN7O4/c1-21-15-24(17-29(39-21)35(45)43-31-11-5-12-32(41-31)46-26-9-6-14-37-19-26)28-18-27(20-38-22(28)2)47-33-13-4-10-30(40-33)42-34(44)23-7-3-8-25(36)16-23/h3-20H,1-2H3,(H,40,42,44)(H,41,43,45). The molecule has 6 rings (SSSR count). The smallest absolute Gasteiger partial charge is 0.275 e. The van der Waals surface area contributed by atoms with Crippen LogP contribution in [0.25, 0.3) is 11.1 Å². The van der Waals surface area contributed by atoms with E-state index in [0.717, 1.165) is 11.1 Å². The van der Waals surface area contributed by atoms with Gasteiger partial charge in [0.1, 0.15) is 28.8 Å². The molecule has 0 saturated carbocycles. The summed E-state index contributed by atoms with van der Waals surface area (Å²) in [5, 5.41) is 5.99. The summed E-state index contributed by atoms with van der Waals surface area (Å²) >= 11 is 6.02. The maximum atomic E-state index is 13.3. The van der Waals surface area contributed by atoms with Gasteiger partial charge in [0, 0.05) is 45.9 Å². The average Bonchev–Trinajstić information content (AvgIpc) is 3.06. The Hall–Kier alpha value is -6.20. The van der Waals surface area contributed by atoms with E-state index in [1.807, 2.05) is 13.0 Å². The molecule has 0 fully saturated rings. The van der Waals surface area contributed by atoms with Crippen molar-refractivity contribution in [3.63, 3.8) is 0 Å². The fraction of sp³-hybridized carbons (Fsp3) is 0.0571. The minimum atomic E-state index is -0.445. The molecular formula is C35H26ClN7O4. The first-order valence-corrected chi connectivity index (χ1v) is 14.7. The van der Waals surface area contributed by atoms with Gasteiger partial charge in [-0.2, -0.15) is 9.97 Å². The molecule has 0 unspecified atom stereocenters. The number of benzene rings is 1. The van der Waals surface area contributed by atoms with Gasteiger partial charge in [-0.1, -0.05) is 29.8 Å². The molecule has 0 radical (unpaired) electrons. The van der Waals surface area contributed by atoms with Crippen LogP contribution in [-0.4, -0.2) is 36.7 Å². The summed E-state index contributed by atoms with van der Waals surface area (Å²) in [6, 6.07) is 25.6. The van der Waals surface area contributed by atoms with E-state index in [9.17, 15) is 9.59 Å². The van der Waals surface area contributed by atoms with Gasteiger partial charge in [-0.15, -0.1) is 0 Å². The number of hydrogen-bond acceptors (Lipinski definition) is 9. The summed E-state index contributed by atoms with van der Waals surface area (Å²) in [4.78, 5) is 47.7. The fourth-order valence-corrected chi connectivity index (χ4v) is 4.72. The predicted molar refractivity (Wildman–Crippen MR) is 177 cm³/mol. The van der Waals surface area contributed by atoms with Crippen LogP contribution in [0, 0.1) is 13.8 Å². The summed E-state index contributed by atoms with van der Waals surface area (Å²) < 4.78 is 11.7. The summed E-state index contributed by atoms with van der Waals surface area (Å²) in [5.41, 5.74) is 3.39. The average molecular weight is 644 g/mol. The van der Waals surface area contributed by atoms with Crippen LogP contribution in [0.3, 0.4) is 0 Å². The molecular weight excluding hydrogens is 618 g/mol. The van der Waals surface area contributed by atoms with E-state index < -0.39 is 5.91 Å². The van der Waals surface area contributed by atoms with Crippen molar-refractivity contribution in [2.75, 3.05) is 10.6 Å². The molecule has 0 atom stereocenters. The third-order valence-corrected chi connectivity index (χ3v) is 6.89. The van der Waals surface area contributed by atoms with Crippen molar-refractivity contribution in [2.24, 2.45) is 0 Å². The first-order chi connectivity index (χ1) is 22.8. The Balaban J connectivity index is 1.18. The van der Waals surface area contributed by atoms with E-state index in [1.165, 1.54) is 0 Å². The molecule has 5 aromatic heterocycles. The number of aromatic nitrogens is 5. The van der Waals surface area contributed by atoms with E-state index in [1.54, 1.807) is 110 Å². The second-order valence-electron chi connectivity index (χ2n) is 10.2. The van der Waals surface area contributed by atoms with Crippen LogP contribution < -0.4 is 20.1 Å². The molecule has 1 aromatic carbocycles. The Morgan fingerprint density at radius 1 is 0.702 bits per heavy atom. The molecule has 2 N–H and O–H groups in total. The third-order valence-electron chi connectivity index (χ3n) is 6.66. The predicted octanol–water partition coefficient (Wildman–Crippen LogP) is 7.69. The van der Waals surface area contributed by atoms with E-state index in [4.69, 9.17) is 21.1 Å². The molecule has 47 heavy (non-hydrogen) atoms. The lowest BCUT2D eigenvalue weighted by Crippen LogP contribution is -2.15. The SMILES string of the molecule is Cc1cc(-c2cc(Oc3cccc(NC(=O)c4cccc(Cl)c4)n3)cnc2C)cc(C(=O)Nc2cccc(Oc3cccnc3)n2)n1. The molecule has 0 spiro atoms. The quantitative estimate of drug-likeness (QED) is 0.162. The lowest BCUT2D eigenvalue weighted by molar-refractivity contribution is 0.101. The lowest BCUT2D eigenvalue weighted by Gasteiger charge is -2.12. The molecule has 0 saturated heterocycles. The number of nitrogens with one attached hydrogen (secondary N) is 2. The van der Waals surface area contributed by atoms with Crippen molar-refractivity contribution in [3.05, 3.63) is 137 Å². The van der Waals surface area contributed by atoms with Crippen molar-refractivity contribution >= 4 is 35.1 Å². The zero-order chi connectivity index (χ0) is 32.8. The monoisotopic (exact) mass is 643 g/mol. The molecule has 6 aromatic rings. The highest BCUT2D eigenvalue weighted by Gasteiger charge is 2.15. The van der Waals surface area contributed by atoms with Gasteiger partial charge in [-0.05, 0) is 80.1 Å². The Morgan fingerprint density at radius 2 is 1.40 bits per heavy atom. The first-order valence-electron chi connectivity index (χ1n) is 14.3. The number of rotatable bonds is 9. The number of anilines is 2. The Labute approximate surface area is 274 Å². The van der Waals surface area contributed by atoms with Crippen LogP contribution in [0.4, 0.5) is 11.6 Å². The Bertz CT molecular complexity index is 2090. The molecule has 0 aliphatic carbocycles. The minimum absolute atomic E-state index is 0.191. The number of halogens is 1. The van der Waals surface area contributed by atoms with E-state index in [-0.39, 0.29) is 17.5 Å². The number of amides is 2. The van der Waals surface area contributed by atoms with Crippen molar-refractivity contribution in [1.82, 2.24) is 24.9 Å². The number of nitrogens with zero attached hydrogens (tertiary/aromatic N) is 5. The van der Waals surface area contributed by atoms with Gasteiger partial charge in [0.05, 0.1) is 12.4 Å². The maximum Gasteiger partial charge on any atom is 0.275 e. The molecule has 5 heterocycles. The second kappa shape index (κ2) is 13.8. The topological polar surface area (TPSA) is 141 Å². The normalized spacial score (nSPS) is 10.6. The second-order valence-corrected chi connectivity index (χ2v) is 10.7. The van der Waals surface area contributed by atoms with Gasteiger partial charge >= 0.3 is 0 Å². The molecule has 0 aliphatic heterocycles. The third kappa shape index (κ3) is 7.91. The van der Waals surface area contributed by atoms with Crippen LogP contribution in [0.1, 0.15) is 32.2 Å². The number of aryl methyl sites for hydroxylation is 2. The van der Waals surface area contributed by atoms with Crippen LogP contribution >= 0.6 is 11.6 Å². The summed E-state index contributed by atoms with van der Waals surface area (Å²) in [6.45, 7) is 3.66. The fourth-order valence-electron chi connectivity index (χ4n) is 4.53. The lowest BCUT2D eigenvalue weighted by atomic mass is 10.0. The summed E-state index contributed by atoms with van der Waals surface area (Å²) in [6.07, 6.45) is 4.79. The van der Waals surface area contributed by atoms with Gasteiger partial charge < -0.3 is 20.1 Å². The zero-order valence-corrected chi connectivity index (χ0v) is 25.9. The van der Waals surface area contributed by atoms with Crippen LogP contribution in [0.15, 0.2) is 110 Å². The van der Waals surface area contributed by atoms with E-state index in [2.05, 4.69) is 35.6 Å². The molecule has 0 aliphatic rings. The largest absolute Gasteiger partial charge is 0.437 e. The van der Waals surface area contributed by atoms with Crippen molar-refractivity contribution in [2.45, 2.75) is 13.8 Å². The minimum Gasteiger partial charge on any atom is -0.437 e. The number of carbonyl (C=O) groups excluding carboxylic acids is 2.